The quantitative estimate of drug-likeness (QED) is 0.631. The molecule has 0 spiro atoms. The van der Waals surface area contributed by atoms with E-state index in [-0.39, 0.29) is 5.75 Å². The topological polar surface area (TPSA) is 46.2 Å². The second kappa shape index (κ2) is 6.88. The summed E-state index contributed by atoms with van der Waals surface area (Å²) in [7, 11) is 0. The molecular formula is C20H21NOS. The number of hydrogen-bond acceptors (Lipinski definition) is 3. The smallest absolute Gasteiger partial charge is 0.144 e. The summed E-state index contributed by atoms with van der Waals surface area (Å²) in [4.78, 5) is 0.831. The lowest BCUT2D eigenvalue weighted by Gasteiger charge is -2.06. The van der Waals surface area contributed by atoms with Crippen LogP contribution in [0, 0.1) is 0 Å². The van der Waals surface area contributed by atoms with Crippen molar-refractivity contribution in [3.8, 4) is 27.3 Å². The van der Waals surface area contributed by atoms with Gasteiger partial charge in [-0.05, 0) is 29.5 Å². The first-order valence-corrected chi connectivity index (χ1v) is 8.78. The zero-order chi connectivity index (χ0) is 16.2. The summed E-state index contributed by atoms with van der Waals surface area (Å²) in [6.45, 7) is 2.19. The minimum absolute atomic E-state index is 0.284. The Balaban J connectivity index is 2.02. The minimum atomic E-state index is 0.284. The molecular weight excluding hydrogens is 302 g/mol. The molecule has 0 saturated carbocycles. The normalized spacial score (nSPS) is 10.8. The van der Waals surface area contributed by atoms with E-state index in [9.17, 15) is 5.11 Å². The maximum atomic E-state index is 10.7. The van der Waals surface area contributed by atoms with Crippen molar-refractivity contribution < 1.29 is 5.11 Å². The number of thiophene rings is 1. The van der Waals surface area contributed by atoms with Crippen molar-refractivity contribution >= 4 is 16.3 Å². The number of unbranched alkanes of at least 4 members (excludes halogenated alkanes) is 1. The van der Waals surface area contributed by atoms with Crippen molar-refractivity contribution in [3.05, 3.63) is 60.2 Å². The molecule has 23 heavy (non-hydrogen) atoms. The number of aryl methyl sites for hydroxylation is 1. The molecule has 0 aliphatic rings. The molecule has 3 N–H and O–H groups in total. The van der Waals surface area contributed by atoms with E-state index < -0.39 is 0 Å². The Morgan fingerprint density at radius 1 is 1.00 bits per heavy atom. The number of nitrogens with two attached hydrogens (primary N) is 1. The Morgan fingerprint density at radius 3 is 2.48 bits per heavy atom. The molecule has 0 atom stereocenters. The van der Waals surface area contributed by atoms with E-state index in [0.717, 1.165) is 28.0 Å². The van der Waals surface area contributed by atoms with Gasteiger partial charge in [0.2, 0.25) is 0 Å². The van der Waals surface area contributed by atoms with Crippen molar-refractivity contribution in [3.63, 3.8) is 0 Å². The molecule has 3 aromatic rings. The molecule has 0 aliphatic heterocycles. The highest BCUT2D eigenvalue weighted by atomic mass is 32.1. The van der Waals surface area contributed by atoms with Gasteiger partial charge >= 0.3 is 0 Å². The highest BCUT2D eigenvalue weighted by molar-refractivity contribution is 7.20. The highest BCUT2D eigenvalue weighted by Crippen LogP contribution is 2.48. The van der Waals surface area contributed by atoms with Gasteiger partial charge in [-0.2, -0.15) is 0 Å². The van der Waals surface area contributed by atoms with Gasteiger partial charge in [0.05, 0.1) is 15.4 Å². The van der Waals surface area contributed by atoms with E-state index in [1.54, 1.807) is 0 Å². The standard InChI is InChI=1S/C20H21NOS/c1-2-3-8-14-9-7-12-16(13-14)17-18(22)19(23-20(17)21)15-10-5-4-6-11-15/h4-7,9-13,22H,2-3,8,21H2,1H3. The second-order valence-electron chi connectivity index (χ2n) is 5.69. The number of anilines is 1. The molecule has 3 rings (SSSR count). The molecule has 118 valence electrons. The van der Waals surface area contributed by atoms with E-state index >= 15 is 0 Å². The summed E-state index contributed by atoms with van der Waals surface area (Å²) in [5.41, 5.74) is 10.3. The molecule has 0 fully saturated rings. The molecule has 0 saturated heterocycles. The first kappa shape index (κ1) is 15.6. The van der Waals surface area contributed by atoms with Crippen LogP contribution in [0.5, 0.6) is 5.75 Å². The van der Waals surface area contributed by atoms with Gasteiger partial charge in [-0.1, -0.05) is 67.9 Å². The van der Waals surface area contributed by atoms with Crippen LogP contribution in [-0.2, 0) is 6.42 Å². The van der Waals surface area contributed by atoms with Crippen molar-refractivity contribution in [1.82, 2.24) is 0 Å². The maximum Gasteiger partial charge on any atom is 0.144 e. The van der Waals surface area contributed by atoms with Crippen LogP contribution in [0.15, 0.2) is 54.6 Å². The molecule has 0 bridgehead atoms. The molecule has 2 aromatic carbocycles. The minimum Gasteiger partial charge on any atom is -0.506 e. The van der Waals surface area contributed by atoms with Crippen LogP contribution in [0.1, 0.15) is 25.3 Å². The Labute approximate surface area is 141 Å². The van der Waals surface area contributed by atoms with E-state index in [4.69, 9.17) is 5.73 Å². The Bertz CT molecular complexity index is 793. The SMILES string of the molecule is CCCCc1cccc(-c2c(N)sc(-c3ccccc3)c2O)c1. The summed E-state index contributed by atoms with van der Waals surface area (Å²) in [6.07, 6.45) is 3.40. The van der Waals surface area contributed by atoms with Crippen LogP contribution in [-0.4, -0.2) is 5.11 Å². The van der Waals surface area contributed by atoms with Gasteiger partial charge in [0.25, 0.3) is 0 Å². The monoisotopic (exact) mass is 323 g/mol. The fourth-order valence-corrected chi connectivity index (χ4v) is 3.76. The third kappa shape index (κ3) is 3.25. The molecule has 0 unspecified atom stereocenters. The Hall–Kier alpha value is -2.26. The molecule has 3 heteroatoms. The lowest BCUT2D eigenvalue weighted by Crippen LogP contribution is -1.88. The summed E-state index contributed by atoms with van der Waals surface area (Å²) >= 11 is 1.44. The third-order valence-corrected chi connectivity index (χ3v) is 5.04. The fourth-order valence-electron chi connectivity index (χ4n) is 2.77. The van der Waals surface area contributed by atoms with Crippen LogP contribution in [0.25, 0.3) is 21.6 Å². The Morgan fingerprint density at radius 2 is 1.74 bits per heavy atom. The van der Waals surface area contributed by atoms with E-state index in [2.05, 4.69) is 19.1 Å². The first-order valence-electron chi connectivity index (χ1n) is 7.96. The average Bonchev–Trinajstić information content (AvgIpc) is 2.88. The summed E-state index contributed by atoms with van der Waals surface area (Å²) < 4.78 is 0. The average molecular weight is 323 g/mol. The van der Waals surface area contributed by atoms with Crippen LogP contribution < -0.4 is 5.73 Å². The van der Waals surface area contributed by atoms with Gasteiger partial charge in [-0.25, -0.2) is 0 Å². The number of rotatable bonds is 5. The van der Waals surface area contributed by atoms with Gasteiger partial charge < -0.3 is 10.8 Å². The van der Waals surface area contributed by atoms with Crippen molar-refractivity contribution in [2.75, 3.05) is 5.73 Å². The summed E-state index contributed by atoms with van der Waals surface area (Å²) in [5, 5.41) is 11.4. The van der Waals surface area contributed by atoms with Crippen LogP contribution in [0.2, 0.25) is 0 Å². The molecule has 1 heterocycles. The van der Waals surface area contributed by atoms with E-state index in [1.807, 2.05) is 42.5 Å². The lowest BCUT2D eigenvalue weighted by atomic mass is 10.0. The molecule has 2 nitrogen and oxygen atoms in total. The predicted octanol–water partition coefficient (Wildman–Crippen LogP) is 5.71. The molecule has 1 aromatic heterocycles. The fraction of sp³-hybridized carbons (Fsp3) is 0.200. The highest BCUT2D eigenvalue weighted by Gasteiger charge is 2.18. The molecule has 0 radical (unpaired) electrons. The van der Waals surface area contributed by atoms with Gasteiger partial charge in [0, 0.05) is 0 Å². The Kier molecular flexibility index (Phi) is 4.68. The van der Waals surface area contributed by atoms with Crippen molar-refractivity contribution in [1.29, 1.82) is 0 Å². The molecule has 0 amide bonds. The predicted molar refractivity (Wildman–Crippen MR) is 99.9 cm³/mol. The lowest BCUT2D eigenvalue weighted by molar-refractivity contribution is 0.481. The first-order chi connectivity index (χ1) is 11.2. The van der Waals surface area contributed by atoms with Crippen LogP contribution >= 0.6 is 11.3 Å². The van der Waals surface area contributed by atoms with Gasteiger partial charge in [0.15, 0.2) is 0 Å². The van der Waals surface area contributed by atoms with Crippen LogP contribution in [0.4, 0.5) is 5.00 Å². The summed E-state index contributed by atoms with van der Waals surface area (Å²) in [5.74, 6) is 0.284. The van der Waals surface area contributed by atoms with Gasteiger partial charge in [0.1, 0.15) is 5.75 Å². The summed E-state index contributed by atoms with van der Waals surface area (Å²) in [6, 6.07) is 18.2. The van der Waals surface area contributed by atoms with Crippen molar-refractivity contribution in [2.45, 2.75) is 26.2 Å². The third-order valence-electron chi connectivity index (χ3n) is 3.98. The number of benzene rings is 2. The number of nitrogen functional groups attached to an aromatic ring is 1. The maximum absolute atomic E-state index is 10.7. The molecule has 0 aliphatic carbocycles. The van der Waals surface area contributed by atoms with Crippen LogP contribution in [0.3, 0.4) is 0 Å². The zero-order valence-electron chi connectivity index (χ0n) is 13.3. The van der Waals surface area contributed by atoms with Gasteiger partial charge in [-0.15, -0.1) is 11.3 Å². The van der Waals surface area contributed by atoms with E-state index in [1.165, 1.54) is 29.7 Å². The van der Waals surface area contributed by atoms with E-state index in [0.29, 0.717) is 5.00 Å². The number of hydrogen-bond donors (Lipinski definition) is 2. The van der Waals surface area contributed by atoms with Crippen molar-refractivity contribution in [2.24, 2.45) is 0 Å². The largest absolute Gasteiger partial charge is 0.506 e. The van der Waals surface area contributed by atoms with Gasteiger partial charge in [-0.3, -0.25) is 0 Å². The zero-order valence-corrected chi connectivity index (χ0v) is 14.1. The second-order valence-corrected chi connectivity index (χ2v) is 6.74. The number of aromatic hydroxyl groups is 1.